The van der Waals surface area contributed by atoms with Crippen molar-refractivity contribution in [1.82, 2.24) is 0 Å². The first kappa shape index (κ1) is 35.2. The number of halogens is 4. The molecule has 1 aliphatic heterocycles. The van der Waals surface area contributed by atoms with Gasteiger partial charge in [0.1, 0.15) is 0 Å². The van der Waals surface area contributed by atoms with Gasteiger partial charge in [-0.25, -0.2) is 17.6 Å². The number of hydrogen-bond donors (Lipinski definition) is 0. The molecule has 0 atom stereocenters. The molecule has 0 aliphatic carbocycles. The largest absolute Gasteiger partial charge is 0.348 e. The fraction of sp³-hybridized carbons (Fsp3) is 0.538. The Morgan fingerprint density at radius 1 is 0.533 bits per heavy atom. The van der Waals surface area contributed by atoms with E-state index in [1.165, 1.54) is 69.9 Å². The van der Waals surface area contributed by atoms with Crippen molar-refractivity contribution < 1.29 is 27.0 Å². The summed E-state index contributed by atoms with van der Waals surface area (Å²) in [6.45, 7) is 5.31. The van der Waals surface area contributed by atoms with Crippen LogP contribution in [-0.4, -0.2) is 13.2 Å². The summed E-state index contributed by atoms with van der Waals surface area (Å²) < 4.78 is 72.0. The highest BCUT2D eigenvalue weighted by molar-refractivity contribution is 5.71. The van der Waals surface area contributed by atoms with Crippen LogP contribution < -0.4 is 0 Å². The van der Waals surface area contributed by atoms with Crippen molar-refractivity contribution >= 4 is 0 Å². The molecule has 0 saturated carbocycles. The number of hydrogen-bond acceptors (Lipinski definition) is 2. The lowest BCUT2D eigenvalue weighted by molar-refractivity contribution is -0.207. The molecule has 2 nitrogen and oxygen atoms in total. The van der Waals surface area contributed by atoms with Gasteiger partial charge in [0.05, 0.1) is 13.2 Å². The second-order valence-electron chi connectivity index (χ2n) is 12.6. The van der Waals surface area contributed by atoms with Gasteiger partial charge in [-0.15, -0.1) is 0 Å². The molecule has 3 aromatic carbocycles. The van der Waals surface area contributed by atoms with Crippen molar-refractivity contribution in [2.24, 2.45) is 5.92 Å². The van der Waals surface area contributed by atoms with E-state index in [-0.39, 0.29) is 22.6 Å². The molecular formula is C39H50F4O2. The molecule has 1 heterocycles. The molecule has 0 amide bonds. The summed E-state index contributed by atoms with van der Waals surface area (Å²) in [5.41, 5.74) is 1.56. The molecule has 0 spiro atoms. The highest BCUT2D eigenvalue weighted by Gasteiger charge is 2.28. The van der Waals surface area contributed by atoms with E-state index in [1.807, 2.05) is 0 Å². The van der Waals surface area contributed by atoms with Crippen LogP contribution >= 0.6 is 0 Å². The lowest BCUT2D eigenvalue weighted by Crippen LogP contribution is -2.27. The minimum Gasteiger partial charge on any atom is -0.348 e. The van der Waals surface area contributed by atoms with Crippen molar-refractivity contribution in [3.63, 3.8) is 0 Å². The molecule has 1 aliphatic rings. The molecule has 1 saturated heterocycles. The third-order valence-corrected chi connectivity index (χ3v) is 9.02. The molecular weight excluding hydrogens is 576 g/mol. The Hall–Kier alpha value is -2.70. The number of benzene rings is 3. The molecule has 0 N–H and O–H groups in total. The standard InChI is InChI=1S/C39H50F4O2/c1-3-5-7-9-10-11-13-15-17-31-22-23-32(36(41)35(31)40)29-18-20-30(21-19-29)33-24-25-34(38(43)37(33)42)39-44-26-28(27-45-39)16-14-12-8-6-4-2/h18-25,28,39H,3-17,26-27H2,1-2H3. The Morgan fingerprint density at radius 2 is 1.02 bits per heavy atom. The summed E-state index contributed by atoms with van der Waals surface area (Å²) in [5, 5.41) is 0. The number of aryl methyl sites for hydroxylation is 1. The molecule has 0 bridgehead atoms. The van der Waals surface area contributed by atoms with Gasteiger partial charge in [-0.05, 0) is 36.0 Å². The van der Waals surface area contributed by atoms with E-state index in [9.17, 15) is 4.39 Å². The molecule has 4 rings (SSSR count). The third kappa shape index (κ3) is 9.89. The van der Waals surface area contributed by atoms with E-state index < -0.39 is 29.6 Å². The zero-order valence-electron chi connectivity index (χ0n) is 27.1. The van der Waals surface area contributed by atoms with Gasteiger partial charge in [-0.1, -0.05) is 139 Å². The van der Waals surface area contributed by atoms with Gasteiger partial charge >= 0.3 is 0 Å². The highest BCUT2D eigenvalue weighted by atomic mass is 19.2. The monoisotopic (exact) mass is 626 g/mol. The first-order chi connectivity index (χ1) is 21.9. The van der Waals surface area contributed by atoms with E-state index in [1.54, 1.807) is 36.4 Å². The van der Waals surface area contributed by atoms with Gasteiger partial charge in [0.15, 0.2) is 29.6 Å². The summed E-state index contributed by atoms with van der Waals surface area (Å²) >= 11 is 0. The van der Waals surface area contributed by atoms with Gasteiger partial charge < -0.3 is 9.47 Å². The minimum atomic E-state index is -1.00. The minimum absolute atomic E-state index is 0.0406. The summed E-state index contributed by atoms with van der Waals surface area (Å²) in [7, 11) is 0. The van der Waals surface area contributed by atoms with Gasteiger partial charge in [0.2, 0.25) is 0 Å². The van der Waals surface area contributed by atoms with E-state index in [0.717, 1.165) is 32.1 Å². The number of ether oxygens (including phenoxy) is 2. The van der Waals surface area contributed by atoms with Crippen LogP contribution in [-0.2, 0) is 15.9 Å². The second kappa shape index (κ2) is 18.4. The number of unbranched alkanes of at least 4 members (excludes halogenated alkanes) is 11. The van der Waals surface area contributed by atoms with Crippen molar-refractivity contribution in [3.05, 3.63) is 82.9 Å². The Labute approximate surface area is 267 Å². The van der Waals surface area contributed by atoms with Crippen molar-refractivity contribution in [1.29, 1.82) is 0 Å². The maximum absolute atomic E-state index is 15.3. The predicted molar refractivity (Wildman–Crippen MR) is 175 cm³/mol. The van der Waals surface area contributed by atoms with Crippen molar-refractivity contribution in [2.75, 3.05) is 13.2 Å². The molecule has 1 fully saturated rings. The molecule has 3 aromatic rings. The predicted octanol–water partition coefficient (Wildman–Crippen LogP) is 12.3. The summed E-state index contributed by atoms with van der Waals surface area (Å²) in [5.74, 6) is -3.42. The number of rotatable bonds is 18. The summed E-state index contributed by atoms with van der Waals surface area (Å²) in [6.07, 6.45) is 15.7. The summed E-state index contributed by atoms with van der Waals surface area (Å²) in [6, 6.07) is 12.7. The lowest BCUT2D eigenvalue weighted by atomic mass is 9.96. The fourth-order valence-corrected chi connectivity index (χ4v) is 6.18. The van der Waals surface area contributed by atoms with E-state index in [4.69, 9.17) is 9.47 Å². The van der Waals surface area contributed by atoms with Crippen LogP contribution in [0.5, 0.6) is 0 Å². The average Bonchev–Trinajstić information content (AvgIpc) is 3.06. The second-order valence-corrected chi connectivity index (χ2v) is 12.6. The first-order valence-electron chi connectivity index (χ1n) is 17.2. The highest BCUT2D eigenvalue weighted by Crippen LogP contribution is 2.35. The van der Waals surface area contributed by atoms with Gasteiger partial charge in [-0.3, -0.25) is 0 Å². The van der Waals surface area contributed by atoms with Crippen LogP contribution in [0.4, 0.5) is 17.6 Å². The normalized spacial score (nSPS) is 16.8. The van der Waals surface area contributed by atoms with Crippen LogP contribution in [0.2, 0.25) is 0 Å². The van der Waals surface area contributed by atoms with Crippen LogP contribution in [0.15, 0.2) is 48.5 Å². The quantitative estimate of drug-likeness (QED) is 0.103. The van der Waals surface area contributed by atoms with E-state index in [2.05, 4.69) is 13.8 Å². The first-order valence-corrected chi connectivity index (χ1v) is 17.2. The molecule has 0 aromatic heterocycles. The topological polar surface area (TPSA) is 18.5 Å². The zero-order chi connectivity index (χ0) is 32.0. The van der Waals surface area contributed by atoms with Gasteiger partial charge in [0, 0.05) is 22.6 Å². The molecule has 0 unspecified atom stereocenters. The Morgan fingerprint density at radius 3 is 1.60 bits per heavy atom. The average molecular weight is 627 g/mol. The van der Waals surface area contributed by atoms with E-state index in [0.29, 0.717) is 36.3 Å². The van der Waals surface area contributed by atoms with Crippen LogP contribution in [0.1, 0.15) is 121 Å². The smallest absolute Gasteiger partial charge is 0.186 e. The fourth-order valence-electron chi connectivity index (χ4n) is 6.18. The molecule has 0 radical (unpaired) electrons. The maximum atomic E-state index is 15.3. The third-order valence-electron chi connectivity index (χ3n) is 9.02. The van der Waals surface area contributed by atoms with Crippen LogP contribution in [0.25, 0.3) is 22.3 Å². The Bertz CT molecular complexity index is 1320. The Balaban J connectivity index is 1.33. The van der Waals surface area contributed by atoms with Crippen molar-refractivity contribution in [3.8, 4) is 22.3 Å². The SMILES string of the molecule is CCCCCCCCCCc1ccc(-c2ccc(-c3ccc(C4OCC(CCCCCCC)CO4)c(F)c3F)cc2)c(F)c1F. The van der Waals surface area contributed by atoms with Crippen LogP contribution in [0, 0.1) is 29.2 Å². The zero-order valence-corrected chi connectivity index (χ0v) is 27.1. The van der Waals surface area contributed by atoms with Crippen molar-refractivity contribution in [2.45, 2.75) is 116 Å². The lowest BCUT2D eigenvalue weighted by Gasteiger charge is -2.30. The van der Waals surface area contributed by atoms with Gasteiger partial charge in [0.25, 0.3) is 0 Å². The summed E-state index contributed by atoms with van der Waals surface area (Å²) in [4.78, 5) is 0. The van der Waals surface area contributed by atoms with Crippen LogP contribution in [0.3, 0.4) is 0 Å². The van der Waals surface area contributed by atoms with E-state index >= 15 is 13.2 Å². The Kier molecular flexibility index (Phi) is 14.4. The molecule has 246 valence electrons. The molecule has 6 heteroatoms. The molecule has 45 heavy (non-hydrogen) atoms. The van der Waals surface area contributed by atoms with Gasteiger partial charge in [-0.2, -0.15) is 0 Å². The maximum Gasteiger partial charge on any atom is 0.186 e.